The molecule has 0 aromatic heterocycles. The molecule has 0 heterocycles. The molecular weight excluding hydrogens is 244 g/mol. The van der Waals surface area contributed by atoms with E-state index in [9.17, 15) is 5.11 Å². The van der Waals surface area contributed by atoms with Gasteiger partial charge in [-0.1, -0.05) is 57.0 Å². The Hall–Kier alpha value is -0.820. The summed E-state index contributed by atoms with van der Waals surface area (Å²) in [6, 6.07) is 10.6. The first-order chi connectivity index (χ1) is 9.62. The summed E-state index contributed by atoms with van der Waals surface area (Å²) >= 11 is 0. The molecule has 0 aliphatic heterocycles. The van der Waals surface area contributed by atoms with E-state index in [1.165, 1.54) is 37.7 Å². The topological polar surface area (TPSA) is 20.2 Å². The molecular formula is C19H30O. The number of rotatable bonds is 7. The highest BCUT2D eigenvalue weighted by Crippen LogP contribution is 2.47. The summed E-state index contributed by atoms with van der Waals surface area (Å²) < 4.78 is 0. The number of hydrogen-bond acceptors (Lipinski definition) is 1. The molecule has 1 unspecified atom stereocenters. The molecule has 0 saturated heterocycles. The molecule has 1 aliphatic rings. The molecule has 0 amide bonds. The van der Waals surface area contributed by atoms with Crippen LogP contribution in [0.4, 0.5) is 0 Å². The van der Waals surface area contributed by atoms with Crippen molar-refractivity contribution in [3.8, 4) is 0 Å². The molecule has 2 rings (SSSR count). The van der Waals surface area contributed by atoms with E-state index in [0.29, 0.717) is 5.92 Å². The molecule has 1 aromatic carbocycles. The summed E-state index contributed by atoms with van der Waals surface area (Å²) in [7, 11) is 0. The summed E-state index contributed by atoms with van der Waals surface area (Å²) in [5.41, 5.74) is 1.62. The molecule has 1 N–H and O–H groups in total. The van der Waals surface area contributed by atoms with Gasteiger partial charge in [0.05, 0.1) is 6.10 Å². The first-order valence-corrected chi connectivity index (χ1v) is 8.34. The van der Waals surface area contributed by atoms with Gasteiger partial charge >= 0.3 is 0 Å². The average molecular weight is 274 g/mol. The van der Waals surface area contributed by atoms with Crippen molar-refractivity contribution in [2.75, 3.05) is 0 Å². The van der Waals surface area contributed by atoms with Crippen molar-refractivity contribution in [2.45, 2.75) is 71.3 Å². The Bertz CT molecular complexity index is 376. The fraction of sp³-hybridized carbons (Fsp3) is 0.684. The molecule has 0 radical (unpaired) electrons. The number of aryl methyl sites for hydroxylation is 1. The maximum Gasteiger partial charge on any atom is 0.0596 e. The lowest BCUT2D eigenvalue weighted by Crippen LogP contribution is -2.34. The van der Waals surface area contributed by atoms with Gasteiger partial charge in [-0.25, -0.2) is 0 Å². The van der Waals surface area contributed by atoms with Gasteiger partial charge in [0.25, 0.3) is 0 Å². The van der Waals surface area contributed by atoms with Crippen LogP contribution in [0.25, 0.3) is 0 Å². The van der Waals surface area contributed by atoms with Crippen LogP contribution in [0.3, 0.4) is 0 Å². The van der Waals surface area contributed by atoms with E-state index < -0.39 is 0 Å². The molecule has 0 bridgehead atoms. The van der Waals surface area contributed by atoms with Gasteiger partial charge in [0.2, 0.25) is 0 Å². The summed E-state index contributed by atoms with van der Waals surface area (Å²) in [6.07, 6.45) is 9.33. The second-order valence-corrected chi connectivity index (χ2v) is 7.06. The van der Waals surface area contributed by atoms with Crippen molar-refractivity contribution in [2.24, 2.45) is 11.3 Å². The highest BCUT2D eigenvalue weighted by Gasteiger charge is 2.40. The Morgan fingerprint density at radius 1 is 1.10 bits per heavy atom. The van der Waals surface area contributed by atoms with Crippen molar-refractivity contribution < 1.29 is 5.11 Å². The van der Waals surface area contributed by atoms with Crippen LogP contribution < -0.4 is 0 Å². The standard InChI is InChI=1S/C19H30O/c1-16(2)15-19(13-6-7-14-19)18(20)12-8-11-17-9-4-3-5-10-17/h3-5,9-10,16,18,20H,6-8,11-15H2,1-2H3. The Balaban J connectivity index is 1.84. The largest absolute Gasteiger partial charge is 0.393 e. The van der Waals surface area contributed by atoms with Crippen LogP contribution in [-0.2, 0) is 6.42 Å². The molecule has 20 heavy (non-hydrogen) atoms. The van der Waals surface area contributed by atoms with Crippen LogP contribution in [0.15, 0.2) is 30.3 Å². The van der Waals surface area contributed by atoms with Gasteiger partial charge in [-0.05, 0) is 55.4 Å². The summed E-state index contributed by atoms with van der Waals surface area (Å²) in [5.74, 6) is 0.692. The Kier molecular flexibility index (Phi) is 5.65. The third-order valence-corrected chi connectivity index (χ3v) is 4.91. The number of aliphatic hydroxyl groups is 1. The Labute approximate surface area is 124 Å². The van der Waals surface area contributed by atoms with Gasteiger partial charge in [-0.3, -0.25) is 0 Å². The van der Waals surface area contributed by atoms with E-state index in [0.717, 1.165) is 19.3 Å². The minimum Gasteiger partial charge on any atom is -0.393 e. The van der Waals surface area contributed by atoms with Gasteiger partial charge in [-0.2, -0.15) is 0 Å². The highest BCUT2D eigenvalue weighted by molar-refractivity contribution is 5.14. The maximum atomic E-state index is 10.7. The lowest BCUT2D eigenvalue weighted by atomic mass is 9.72. The zero-order valence-electron chi connectivity index (χ0n) is 13.1. The van der Waals surface area contributed by atoms with Crippen LogP contribution in [0.2, 0.25) is 0 Å². The van der Waals surface area contributed by atoms with Gasteiger partial charge in [-0.15, -0.1) is 0 Å². The summed E-state index contributed by atoms with van der Waals surface area (Å²) in [6.45, 7) is 4.58. The van der Waals surface area contributed by atoms with Crippen LogP contribution in [0, 0.1) is 11.3 Å². The first-order valence-electron chi connectivity index (χ1n) is 8.34. The van der Waals surface area contributed by atoms with Gasteiger partial charge in [0.1, 0.15) is 0 Å². The van der Waals surface area contributed by atoms with E-state index in [1.54, 1.807) is 0 Å². The van der Waals surface area contributed by atoms with Crippen LogP contribution in [-0.4, -0.2) is 11.2 Å². The number of aliphatic hydroxyl groups excluding tert-OH is 1. The van der Waals surface area contributed by atoms with Crippen molar-refractivity contribution in [1.29, 1.82) is 0 Å². The molecule has 1 nitrogen and oxygen atoms in total. The quantitative estimate of drug-likeness (QED) is 0.743. The van der Waals surface area contributed by atoms with Gasteiger partial charge in [0.15, 0.2) is 0 Å². The van der Waals surface area contributed by atoms with Crippen molar-refractivity contribution >= 4 is 0 Å². The predicted octanol–water partition coefficient (Wildman–Crippen LogP) is 4.98. The fourth-order valence-corrected chi connectivity index (χ4v) is 4.02. The molecule has 1 saturated carbocycles. The molecule has 1 aromatic rings. The molecule has 1 fully saturated rings. The Morgan fingerprint density at radius 2 is 1.75 bits per heavy atom. The van der Waals surface area contributed by atoms with Crippen molar-refractivity contribution in [1.82, 2.24) is 0 Å². The maximum absolute atomic E-state index is 10.7. The van der Waals surface area contributed by atoms with Crippen molar-refractivity contribution in [3.05, 3.63) is 35.9 Å². The first kappa shape index (κ1) is 15.6. The van der Waals surface area contributed by atoms with Crippen LogP contribution in [0.1, 0.15) is 64.4 Å². The molecule has 1 aliphatic carbocycles. The SMILES string of the molecule is CC(C)CC1(C(O)CCCc2ccccc2)CCCC1. The highest BCUT2D eigenvalue weighted by atomic mass is 16.3. The minimum atomic E-state index is -0.101. The zero-order valence-corrected chi connectivity index (χ0v) is 13.1. The lowest BCUT2D eigenvalue weighted by Gasteiger charge is -2.36. The van der Waals surface area contributed by atoms with Gasteiger partial charge in [0, 0.05) is 0 Å². The molecule has 112 valence electrons. The monoisotopic (exact) mass is 274 g/mol. The molecule has 0 spiro atoms. The van der Waals surface area contributed by atoms with Crippen molar-refractivity contribution in [3.63, 3.8) is 0 Å². The number of benzene rings is 1. The summed E-state index contributed by atoms with van der Waals surface area (Å²) in [5, 5.41) is 10.7. The summed E-state index contributed by atoms with van der Waals surface area (Å²) in [4.78, 5) is 0. The van der Waals surface area contributed by atoms with E-state index >= 15 is 0 Å². The van der Waals surface area contributed by atoms with E-state index in [4.69, 9.17) is 0 Å². The van der Waals surface area contributed by atoms with E-state index in [-0.39, 0.29) is 11.5 Å². The van der Waals surface area contributed by atoms with Gasteiger partial charge < -0.3 is 5.11 Å². The van der Waals surface area contributed by atoms with E-state index in [1.807, 2.05) is 0 Å². The predicted molar refractivity (Wildman–Crippen MR) is 85.7 cm³/mol. The third-order valence-electron chi connectivity index (χ3n) is 4.91. The Morgan fingerprint density at radius 3 is 2.35 bits per heavy atom. The van der Waals surface area contributed by atoms with Crippen LogP contribution >= 0.6 is 0 Å². The fourth-order valence-electron chi connectivity index (χ4n) is 4.02. The lowest BCUT2D eigenvalue weighted by molar-refractivity contribution is 0.00588. The number of hydrogen-bond donors (Lipinski definition) is 1. The smallest absolute Gasteiger partial charge is 0.0596 e. The second kappa shape index (κ2) is 7.26. The van der Waals surface area contributed by atoms with Crippen LogP contribution in [0.5, 0.6) is 0 Å². The van der Waals surface area contributed by atoms with E-state index in [2.05, 4.69) is 44.2 Å². The molecule has 1 atom stereocenters. The second-order valence-electron chi connectivity index (χ2n) is 7.06. The zero-order chi connectivity index (χ0) is 14.4. The average Bonchev–Trinajstić information content (AvgIpc) is 2.89. The normalized spacial score (nSPS) is 19.4. The minimum absolute atomic E-state index is 0.101. The molecule has 1 heteroatoms. The third kappa shape index (κ3) is 4.09.